The highest BCUT2D eigenvalue weighted by atomic mass is 15.2. The van der Waals surface area contributed by atoms with Crippen molar-refractivity contribution in [3.63, 3.8) is 0 Å². The fourth-order valence-electron chi connectivity index (χ4n) is 3.01. The van der Waals surface area contributed by atoms with Crippen LogP contribution in [0.1, 0.15) is 25.7 Å². The lowest BCUT2D eigenvalue weighted by molar-refractivity contribution is 0.299. The molecule has 2 aliphatic rings. The molecule has 4 heteroatoms. The molecule has 0 amide bonds. The van der Waals surface area contributed by atoms with Gasteiger partial charge in [-0.25, -0.2) is 0 Å². The van der Waals surface area contributed by atoms with Crippen LogP contribution >= 0.6 is 0 Å². The Balaban J connectivity index is 1.74. The standard InChI is InChI=1S/C11H22N4/c12-11(13)14-5-6-15-7-9-3-1-2-4-10(9)8-15/h9-10H,1-8H2,(H4,12,13,14). The first kappa shape index (κ1) is 10.7. The van der Waals surface area contributed by atoms with Gasteiger partial charge in [0, 0.05) is 19.6 Å². The molecule has 15 heavy (non-hydrogen) atoms. The van der Waals surface area contributed by atoms with Gasteiger partial charge >= 0.3 is 0 Å². The van der Waals surface area contributed by atoms with Gasteiger partial charge in [0.25, 0.3) is 0 Å². The summed E-state index contributed by atoms with van der Waals surface area (Å²) in [4.78, 5) is 6.56. The Bertz CT molecular complexity index is 221. The van der Waals surface area contributed by atoms with Crippen molar-refractivity contribution in [3.8, 4) is 0 Å². The topological polar surface area (TPSA) is 67.6 Å². The van der Waals surface area contributed by atoms with Crippen molar-refractivity contribution >= 4 is 5.96 Å². The molecule has 1 aliphatic carbocycles. The van der Waals surface area contributed by atoms with Crippen molar-refractivity contribution in [3.05, 3.63) is 0 Å². The van der Waals surface area contributed by atoms with E-state index in [-0.39, 0.29) is 5.96 Å². The molecular weight excluding hydrogens is 188 g/mol. The SMILES string of the molecule is NC(N)=NCCN1CC2CCCCC2C1. The van der Waals surface area contributed by atoms with E-state index in [0.29, 0.717) is 0 Å². The Kier molecular flexibility index (Phi) is 3.46. The molecule has 4 N–H and O–H groups in total. The maximum atomic E-state index is 5.30. The summed E-state index contributed by atoms with van der Waals surface area (Å²) in [6.07, 6.45) is 5.73. The van der Waals surface area contributed by atoms with Gasteiger partial charge in [-0.3, -0.25) is 4.99 Å². The van der Waals surface area contributed by atoms with Crippen molar-refractivity contribution in [1.82, 2.24) is 4.90 Å². The van der Waals surface area contributed by atoms with Gasteiger partial charge in [-0.1, -0.05) is 12.8 Å². The molecule has 0 aromatic carbocycles. The van der Waals surface area contributed by atoms with E-state index in [0.717, 1.165) is 24.9 Å². The number of fused-ring (bicyclic) bond motifs is 1. The molecule has 0 spiro atoms. The second-order valence-electron chi connectivity index (χ2n) is 4.87. The largest absolute Gasteiger partial charge is 0.370 e. The van der Waals surface area contributed by atoms with Gasteiger partial charge in [-0.15, -0.1) is 0 Å². The third-order valence-electron chi connectivity index (χ3n) is 3.76. The van der Waals surface area contributed by atoms with E-state index in [1.54, 1.807) is 0 Å². The molecule has 1 heterocycles. The molecule has 1 saturated carbocycles. The Morgan fingerprint density at radius 3 is 2.27 bits per heavy atom. The molecule has 2 unspecified atom stereocenters. The zero-order valence-corrected chi connectivity index (χ0v) is 9.36. The van der Waals surface area contributed by atoms with Crippen molar-refractivity contribution in [1.29, 1.82) is 0 Å². The minimum Gasteiger partial charge on any atom is -0.370 e. The van der Waals surface area contributed by atoms with E-state index in [1.165, 1.54) is 38.8 Å². The normalized spacial score (nSPS) is 31.2. The number of nitrogens with zero attached hydrogens (tertiary/aromatic N) is 2. The van der Waals surface area contributed by atoms with Crippen LogP contribution in [0.4, 0.5) is 0 Å². The summed E-state index contributed by atoms with van der Waals surface area (Å²) in [6, 6.07) is 0. The molecule has 2 fully saturated rings. The van der Waals surface area contributed by atoms with Crippen LogP contribution in [0.5, 0.6) is 0 Å². The van der Waals surface area contributed by atoms with Gasteiger partial charge in [-0.2, -0.15) is 0 Å². The summed E-state index contributed by atoms with van der Waals surface area (Å²) in [7, 11) is 0. The van der Waals surface area contributed by atoms with Gasteiger partial charge in [0.15, 0.2) is 5.96 Å². The van der Waals surface area contributed by atoms with E-state index in [1.807, 2.05) is 0 Å². The monoisotopic (exact) mass is 210 g/mol. The maximum Gasteiger partial charge on any atom is 0.185 e. The third-order valence-corrected chi connectivity index (χ3v) is 3.76. The van der Waals surface area contributed by atoms with Gasteiger partial charge in [-0.05, 0) is 24.7 Å². The average molecular weight is 210 g/mol. The van der Waals surface area contributed by atoms with E-state index >= 15 is 0 Å². The summed E-state index contributed by atoms with van der Waals surface area (Å²) >= 11 is 0. The average Bonchev–Trinajstić information content (AvgIpc) is 2.59. The van der Waals surface area contributed by atoms with E-state index < -0.39 is 0 Å². The van der Waals surface area contributed by atoms with Crippen LogP contribution in [-0.4, -0.2) is 37.0 Å². The van der Waals surface area contributed by atoms with Crippen molar-refractivity contribution in [2.24, 2.45) is 28.3 Å². The predicted octanol–water partition coefficient (Wildman–Crippen LogP) is 0.382. The zero-order chi connectivity index (χ0) is 10.7. The Hall–Kier alpha value is -0.770. The van der Waals surface area contributed by atoms with Gasteiger partial charge in [0.1, 0.15) is 0 Å². The first-order chi connectivity index (χ1) is 7.25. The van der Waals surface area contributed by atoms with Crippen LogP contribution in [0.2, 0.25) is 0 Å². The third kappa shape index (κ3) is 2.84. The van der Waals surface area contributed by atoms with Crippen molar-refractivity contribution in [2.45, 2.75) is 25.7 Å². The molecule has 2 rings (SSSR count). The molecule has 0 radical (unpaired) electrons. The molecule has 1 aliphatic heterocycles. The van der Waals surface area contributed by atoms with Crippen LogP contribution in [-0.2, 0) is 0 Å². The lowest BCUT2D eigenvalue weighted by atomic mass is 9.82. The summed E-state index contributed by atoms with van der Waals surface area (Å²) in [5, 5.41) is 0. The van der Waals surface area contributed by atoms with Gasteiger partial charge in [0.2, 0.25) is 0 Å². The molecule has 4 nitrogen and oxygen atoms in total. The number of hydrogen-bond acceptors (Lipinski definition) is 2. The molecule has 1 saturated heterocycles. The summed E-state index contributed by atoms with van der Waals surface area (Å²) < 4.78 is 0. The second kappa shape index (κ2) is 4.84. The highest BCUT2D eigenvalue weighted by Gasteiger charge is 2.33. The summed E-state index contributed by atoms with van der Waals surface area (Å²) in [6.45, 7) is 4.31. The number of guanidine groups is 1. The molecule has 0 bridgehead atoms. The number of nitrogens with two attached hydrogens (primary N) is 2. The van der Waals surface area contributed by atoms with Gasteiger partial charge < -0.3 is 16.4 Å². The van der Waals surface area contributed by atoms with Crippen LogP contribution in [0.3, 0.4) is 0 Å². The van der Waals surface area contributed by atoms with Gasteiger partial charge in [0.05, 0.1) is 6.54 Å². The second-order valence-corrected chi connectivity index (χ2v) is 4.87. The Morgan fingerprint density at radius 2 is 1.73 bits per heavy atom. The highest BCUT2D eigenvalue weighted by molar-refractivity contribution is 5.75. The number of hydrogen-bond donors (Lipinski definition) is 2. The quantitative estimate of drug-likeness (QED) is 0.523. The Labute approximate surface area is 91.7 Å². The van der Waals surface area contributed by atoms with Crippen LogP contribution in [0.15, 0.2) is 4.99 Å². The molecule has 86 valence electrons. The van der Waals surface area contributed by atoms with Crippen LogP contribution < -0.4 is 11.5 Å². The number of likely N-dealkylation sites (tertiary alicyclic amines) is 1. The van der Waals surface area contributed by atoms with E-state index in [9.17, 15) is 0 Å². The number of rotatable bonds is 3. The Morgan fingerprint density at radius 1 is 1.13 bits per heavy atom. The minimum absolute atomic E-state index is 0.214. The molecular formula is C11H22N4. The maximum absolute atomic E-state index is 5.30. The number of aliphatic imine (C=N–C) groups is 1. The highest BCUT2D eigenvalue weighted by Crippen LogP contribution is 2.35. The minimum atomic E-state index is 0.214. The van der Waals surface area contributed by atoms with Crippen molar-refractivity contribution < 1.29 is 0 Å². The smallest absolute Gasteiger partial charge is 0.185 e. The molecule has 0 aromatic rings. The first-order valence-corrected chi connectivity index (χ1v) is 6.03. The van der Waals surface area contributed by atoms with E-state index in [4.69, 9.17) is 11.5 Å². The first-order valence-electron chi connectivity index (χ1n) is 6.03. The van der Waals surface area contributed by atoms with Crippen LogP contribution in [0, 0.1) is 11.8 Å². The van der Waals surface area contributed by atoms with Crippen LogP contribution in [0.25, 0.3) is 0 Å². The molecule has 0 aromatic heterocycles. The summed E-state index contributed by atoms with van der Waals surface area (Å²) in [5.74, 6) is 2.13. The van der Waals surface area contributed by atoms with Crippen molar-refractivity contribution in [2.75, 3.05) is 26.2 Å². The fraction of sp³-hybridized carbons (Fsp3) is 0.909. The fourth-order valence-corrected chi connectivity index (χ4v) is 3.01. The summed E-state index contributed by atoms with van der Waals surface area (Å²) in [5.41, 5.74) is 10.6. The van der Waals surface area contributed by atoms with E-state index in [2.05, 4.69) is 9.89 Å². The lowest BCUT2D eigenvalue weighted by Crippen LogP contribution is -2.27. The lowest BCUT2D eigenvalue weighted by Gasteiger charge is -2.23. The zero-order valence-electron chi connectivity index (χ0n) is 9.36. The predicted molar refractivity (Wildman–Crippen MR) is 62.6 cm³/mol. The molecule has 2 atom stereocenters.